The molecule has 0 saturated heterocycles. The lowest BCUT2D eigenvalue weighted by Gasteiger charge is -2.61. The molecule has 0 aliphatic heterocycles. The molecule has 0 aromatic heterocycles. The summed E-state index contributed by atoms with van der Waals surface area (Å²) in [4.78, 5) is 2.71. The van der Waals surface area contributed by atoms with Gasteiger partial charge in [-0.05, 0) is 177 Å². The van der Waals surface area contributed by atoms with E-state index in [1.807, 2.05) is 0 Å². The van der Waals surface area contributed by atoms with E-state index in [0.29, 0.717) is 0 Å². The van der Waals surface area contributed by atoms with Crippen molar-refractivity contribution in [3.05, 3.63) is 137 Å². The first kappa shape index (κ1) is 36.0. The summed E-state index contributed by atoms with van der Waals surface area (Å²) in [5.74, 6) is 3.35. The lowest BCUT2D eigenvalue weighted by atomic mass is 9.43. The van der Waals surface area contributed by atoms with Crippen LogP contribution in [0.1, 0.15) is 147 Å². The summed E-state index contributed by atoms with van der Waals surface area (Å²) in [5.41, 5.74) is 19.7. The Morgan fingerprint density at radius 3 is 1.56 bits per heavy atom. The van der Waals surface area contributed by atoms with Crippen molar-refractivity contribution in [2.24, 2.45) is 23.7 Å². The number of hydrogen-bond donors (Lipinski definition) is 0. The van der Waals surface area contributed by atoms with E-state index in [0.717, 1.165) is 23.7 Å². The fourth-order valence-corrected chi connectivity index (χ4v) is 14.4. The number of benzene rings is 5. The van der Waals surface area contributed by atoms with E-state index in [1.54, 1.807) is 16.7 Å². The SMILES string of the molecule is CC1(C)CCC(C)(C)c2c(-c3ccc(N(c4cccc5c4-c4ccccc4C54C5CC6CC(C5)CC4C6)c4cccc5c4C(C)(C)CCC5(C)C)cc3)cccc21. The average molecular weight is 750 g/mol. The predicted molar refractivity (Wildman–Crippen MR) is 240 cm³/mol. The van der Waals surface area contributed by atoms with Gasteiger partial charge in [-0.2, -0.15) is 0 Å². The predicted octanol–water partition coefficient (Wildman–Crippen LogP) is 15.2. The molecular weight excluding hydrogens is 687 g/mol. The molecule has 12 rings (SSSR count). The molecule has 5 aromatic rings. The summed E-state index contributed by atoms with van der Waals surface area (Å²) in [6, 6.07) is 41.3. The summed E-state index contributed by atoms with van der Waals surface area (Å²) in [6.07, 6.45) is 11.9. The van der Waals surface area contributed by atoms with E-state index < -0.39 is 0 Å². The molecule has 292 valence electrons. The van der Waals surface area contributed by atoms with E-state index in [-0.39, 0.29) is 27.1 Å². The minimum Gasteiger partial charge on any atom is -0.310 e. The molecule has 4 saturated carbocycles. The highest BCUT2D eigenvalue weighted by Crippen LogP contribution is 2.70. The standard InChI is InChI=1S/C56H63N/c1-52(2)26-28-54(5,6)50-41(15-11-18-45(50)52)37-22-24-40(25-23-37)57(48-21-13-19-46-51(48)55(7,8)29-27-53(46,3)4)47-20-12-17-44-49(47)42-14-9-10-16-43(42)56(44)38-31-35-30-36(33-38)34-39(56)32-35/h9-25,35-36,38-39H,26-34H2,1-8H3. The zero-order valence-electron chi connectivity index (χ0n) is 35.9. The number of nitrogens with zero attached hydrogens (tertiary/aromatic N) is 1. The van der Waals surface area contributed by atoms with Crippen LogP contribution in [0.25, 0.3) is 22.3 Å². The van der Waals surface area contributed by atoms with Crippen LogP contribution >= 0.6 is 0 Å². The summed E-state index contributed by atoms with van der Waals surface area (Å²) in [6.45, 7) is 19.8. The van der Waals surface area contributed by atoms with Crippen molar-refractivity contribution in [3.8, 4) is 22.3 Å². The van der Waals surface area contributed by atoms with Crippen molar-refractivity contribution < 1.29 is 0 Å². The van der Waals surface area contributed by atoms with Crippen molar-refractivity contribution >= 4 is 17.1 Å². The number of hydrogen-bond acceptors (Lipinski definition) is 1. The Bertz CT molecular complexity index is 2410. The molecule has 7 aliphatic rings. The lowest BCUT2D eigenvalue weighted by molar-refractivity contribution is -0.0399. The van der Waals surface area contributed by atoms with Gasteiger partial charge in [0.25, 0.3) is 0 Å². The van der Waals surface area contributed by atoms with Gasteiger partial charge in [0.1, 0.15) is 0 Å². The second-order valence-corrected chi connectivity index (χ2v) is 22.3. The van der Waals surface area contributed by atoms with E-state index in [9.17, 15) is 0 Å². The molecule has 1 nitrogen and oxygen atoms in total. The van der Waals surface area contributed by atoms with Gasteiger partial charge < -0.3 is 4.90 Å². The van der Waals surface area contributed by atoms with Gasteiger partial charge in [-0.15, -0.1) is 0 Å². The lowest BCUT2D eigenvalue weighted by Crippen LogP contribution is -2.55. The highest BCUT2D eigenvalue weighted by Gasteiger charge is 2.62. The van der Waals surface area contributed by atoms with Gasteiger partial charge in [0, 0.05) is 16.7 Å². The van der Waals surface area contributed by atoms with Crippen molar-refractivity contribution in [1.29, 1.82) is 0 Å². The van der Waals surface area contributed by atoms with Crippen LogP contribution in [0.5, 0.6) is 0 Å². The molecule has 1 heteroatoms. The van der Waals surface area contributed by atoms with Crippen LogP contribution in [0, 0.1) is 23.7 Å². The van der Waals surface area contributed by atoms with E-state index in [4.69, 9.17) is 0 Å². The molecule has 0 amide bonds. The molecule has 0 radical (unpaired) electrons. The van der Waals surface area contributed by atoms with Crippen LogP contribution in [-0.2, 0) is 27.1 Å². The Balaban J connectivity index is 1.14. The van der Waals surface area contributed by atoms with Crippen LogP contribution in [0.2, 0.25) is 0 Å². The maximum absolute atomic E-state index is 2.71. The van der Waals surface area contributed by atoms with Crippen LogP contribution in [0.3, 0.4) is 0 Å². The minimum absolute atomic E-state index is 0.0552. The monoisotopic (exact) mass is 749 g/mol. The third kappa shape index (κ3) is 4.99. The van der Waals surface area contributed by atoms with Crippen LogP contribution in [0.4, 0.5) is 17.1 Å². The van der Waals surface area contributed by atoms with E-state index >= 15 is 0 Å². The maximum atomic E-state index is 2.71. The fourth-order valence-electron chi connectivity index (χ4n) is 14.4. The van der Waals surface area contributed by atoms with Crippen LogP contribution in [0.15, 0.2) is 103 Å². The Morgan fingerprint density at radius 1 is 0.421 bits per heavy atom. The van der Waals surface area contributed by atoms with Gasteiger partial charge in [-0.25, -0.2) is 0 Å². The maximum Gasteiger partial charge on any atom is 0.0543 e. The van der Waals surface area contributed by atoms with Crippen molar-refractivity contribution in [2.75, 3.05) is 4.90 Å². The smallest absolute Gasteiger partial charge is 0.0543 e. The number of anilines is 3. The summed E-state index contributed by atoms with van der Waals surface area (Å²) in [7, 11) is 0. The van der Waals surface area contributed by atoms with Crippen molar-refractivity contribution in [2.45, 2.75) is 140 Å². The molecule has 4 fully saturated rings. The van der Waals surface area contributed by atoms with Gasteiger partial charge in [0.2, 0.25) is 0 Å². The zero-order valence-corrected chi connectivity index (χ0v) is 35.9. The molecule has 0 heterocycles. The van der Waals surface area contributed by atoms with Gasteiger partial charge in [0.05, 0.1) is 11.4 Å². The second kappa shape index (κ2) is 12.0. The van der Waals surface area contributed by atoms with Crippen LogP contribution in [-0.4, -0.2) is 0 Å². The number of rotatable bonds is 4. The largest absolute Gasteiger partial charge is 0.310 e. The van der Waals surface area contributed by atoms with E-state index in [2.05, 4.69) is 163 Å². The van der Waals surface area contributed by atoms with Crippen LogP contribution < -0.4 is 4.90 Å². The van der Waals surface area contributed by atoms with Gasteiger partial charge in [-0.3, -0.25) is 0 Å². The molecular formula is C56H63N. The highest BCUT2D eigenvalue weighted by molar-refractivity contribution is 5.96. The second-order valence-electron chi connectivity index (χ2n) is 22.3. The topological polar surface area (TPSA) is 3.24 Å². The van der Waals surface area contributed by atoms with Crippen molar-refractivity contribution in [1.82, 2.24) is 0 Å². The molecule has 5 aromatic carbocycles. The van der Waals surface area contributed by atoms with Gasteiger partial charge in [0.15, 0.2) is 0 Å². The quantitative estimate of drug-likeness (QED) is 0.177. The fraction of sp³-hybridized carbons (Fsp3) is 0.464. The minimum atomic E-state index is 0.0552. The summed E-state index contributed by atoms with van der Waals surface area (Å²) >= 11 is 0. The normalized spacial score (nSPS) is 28.7. The highest BCUT2D eigenvalue weighted by atomic mass is 15.1. The average Bonchev–Trinajstić information content (AvgIpc) is 3.49. The summed E-state index contributed by atoms with van der Waals surface area (Å²) < 4.78 is 0. The first-order valence-electron chi connectivity index (χ1n) is 22.6. The molecule has 7 aliphatic carbocycles. The molecule has 4 bridgehead atoms. The summed E-state index contributed by atoms with van der Waals surface area (Å²) in [5, 5.41) is 0. The van der Waals surface area contributed by atoms with E-state index in [1.165, 1.54) is 114 Å². The Hall–Kier alpha value is -4.10. The molecule has 0 atom stereocenters. The number of fused-ring (bicyclic) bond motifs is 5. The molecule has 1 spiro atoms. The Morgan fingerprint density at radius 2 is 0.912 bits per heavy atom. The Kier molecular flexibility index (Phi) is 7.58. The third-order valence-electron chi connectivity index (χ3n) is 17.1. The van der Waals surface area contributed by atoms with Crippen molar-refractivity contribution in [3.63, 3.8) is 0 Å². The Labute approximate surface area is 343 Å². The first-order chi connectivity index (χ1) is 27.2. The van der Waals surface area contributed by atoms with Gasteiger partial charge >= 0.3 is 0 Å². The third-order valence-corrected chi connectivity index (χ3v) is 17.1. The first-order valence-corrected chi connectivity index (χ1v) is 22.6. The molecule has 0 N–H and O–H groups in total. The van der Waals surface area contributed by atoms with Gasteiger partial charge in [-0.1, -0.05) is 134 Å². The molecule has 0 unspecified atom stereocenters. The zero-order chi connectivity index (χ0) is 39.3. The molecule has 57 heavy (non-hydrogen) atoms.